The highest BCUT2D eigenvalue weighted by molar-refractivity contribution is 6.31. The van der Waals surface area contributed by atoms with E-state index in [1.807, 2.05) is 13.0 Å². The van der Waals surface area contributed by atoms with Crippen molar-refractivity contribution in [2.75, 3.05) is 0 Å². The molecule has 3 N–H and O–H groups in total. The Morgan fingerprint density at radius 1 is 1.33 bits per heavy atom. The van der Waals surface area contributed by atoms with Gasteiger partial charge in [0, 0.05) is 5.02 Å². The highest BCUT2D eigenvalue weighted by Gasteiger charge is 2.03. The first-order valence-electron chi connectivity index (χ1n) is 5.16. The van der Waals surface area contributed by atoms with Crippen LogP contribution >= 0.6 is 11.6 Å². The molecular weight excluding hydrogens is 252 g/mol. The van der Waals surface area contributed by atoms with Gasteiger partial charge < -0.3 is 10.5 Å². The molecule has 18 heavy (non-hydrogen) atoms. The molecule has 0 saturated heterocycles. The van der Waals surface area contributed by atoms with E-state index < -0.39 is 0 Å². The van der Waals surface area contributed by atoms with Gasteiger partial charge in [-0.15, -0.1) is 0 Å². The van der Waals surface area contributed by atoms with E-state index >= 15 is 0 Å². The lowest BCUT2D eigenvalue weighted by atomic mass is 10.2. The Labute approximate surface area is 109 Å². The molecule has 0 aliphatic rings. The number of rotatable bonds is 3. The lowest BCUT2D eigenvalue weighted by molar-refractivity contribution is 0.459. The molecule has 0 spiro atoms. The molecule has 0 fully saturated rings. The summed E-state index contributed by atoms with van der Waals surface area (Å²) in [6, 6.07) is 5.31. The van der Waals surface area contributed by atoms with Crippen LogP contribution in [0.1, 0.15) is 11.3 Å². The van der Waals surface area contributed by atoms with E-state index in [9.17, 15) is 0 Å². The van der Waals surface area contributed by atoms with Crippen LogP contribution in [0.2, 0.25) is 5.02 Å². The monoisotopic (exact) mass is 262 g/mol. The van der Waals surface area contributed by atoms with Crippen molar-refractivity contribution < 1.29 is 4.74 Å². The van der Waals surface area contributed by atoms with Crippen LogP contribution in [0.5, 0.6) is 11.6 Å². The van der Waals surface area contributed by atoms with Gasteiger partial charge in [0.15, 0.2) is 0 Å². The van der Waals surface area contributed by atoms with E-state index in [0.717, 1.165) is 5.56 Å². The highest BCUT2D eigenvalue weighted by Crippen LogP contribution is 2.24. The molecule has 0 atom stereocenters. The van der Waals surface area contributed by atoms with Gasteiger partial charge in [-0.3, -0.25) is 5.41 Å². The summed E-state index contributed by atoms with van der Waals surface area (Å²) < 4.78 is 5.51. The lowest BCUT2D eigenvalue weighted by Gasteiger charge is -2.06. The number of aromatic nitrogens is 2. The molecule has 1 aromatic carbocycles. The number of aryl methyl sites for hydroxylation is 1. The summed E-state index contributed by atoms with van der Waals surface area (Å²) in [6.45, 7) is 1.89. The van der Waals surface area contributed by atoms with Crippen molar-refractivity contribution in [1.29, 1.82) is 5.41 Å². The minimum absolute atomic E-state index is 0.128. The fourth-order valence-corrected chi connectivity index (χ4v) is 1.43. The Kier molecular flexibility index (Phi) is 3.43. The molecule has 2 aromatic rings. The molecule has 6 heteroatoms. The van der Waals surface area contributed by atoms with E-state index in [-0.39, 0.29) is 5.84 Å². The second-order valence-electron chi connectivity index (χ2n) is 3.67. The van der Waals surface area contributed by atoms with Gasteiger partial charge in [0.2, 0.25) is 5.88 Å². The Bertz CT molecular complexity index is 583. The minimum Gasteiger partial charge on any atom is -0.437 e. The largest absolute Gasteiger partial charge is 0.437 e. The third-order valence-electron chi connectivity index (χ3n) is 2.26. The SMILES string of the molecule is Cc1cc(Oc2cnc(C(=N)N)cn2)ccc1Cl. The van der Waals surface area contributed by atoms with Crippen molar-refractivity contribution in [3.05, 3.63) is 46.9 Å². The molecule has 5 nitrogen and oxygen atoms in total. The van der Waals surface area contributed by atoms with Crippen LogP contribution in [0.25, 0.3) is 0 Å². The van der Waals surface area contributed by atoms with Crippen molar-refractivity contribution >= 4 is 17.4 Å². The van der Waals surface area contributed by atoms with Crippen molar-refractivity contribution in [3.8, 4) is 11.6 Å². The van der Waals surface area contributed by atoms with Crippen LogP contribution in [-0.2, 0) is 0 Å². The quantitative estimate of drug-likeness (QED) is 0.657. The van der Waals surface area contributed by atoms with Crippen molar-refractivity contribution in [1.82, 2.24) is 9.97 Å². The first-order valence-corrected chi connectivity index (χ1v) is 5.54. The van der Waals surface area contributed by atoms with Gasteiger partial charge >= 0.3 is 0 Å². The van der Waals surface area contributed by atoms with Crippen LogP contribution < -0.4 is 10.5 Å². The summed E-state index contributed by atoms with van der Waals surface area (Å²) in [7, 11) is 0. The average molecular weight is 263 g/mol. The zero-order valence-corrected chi connectivity index (χ0v) is 10.4. The van der Waals surface area contributed by atoms with E-state index in [4.69, 9.17) is 27.5 Å². The number of benzene rings is 1. The summed E-state index contributed by atoms with van der Waals surface area (Å²) in [5, 5.41) is 7.88. The van der Waals surface area contributed by atoms with Gasteiger partial charge in [0.05, 0.1) is 12.4 Å². The third kappa shape index (κ3) is 2.75. The van der Waals surface area contributed by atoms with Gasteiger partial charge in [-0.05, 0) is 30.7 Å². The number of nitrogens with zero attached hydrogens (tertiary/aromatic N) is 2. The van der Waals surface area contributed by atoms with E-state index in [1.54, 1.807) is 12.1 Å². The van der Waals surface area contributed by atoms with Gasteiger partial charge in [-0.1, -0.05) is 11.6 Å². The summed E-state index contributed by atoms with van der Waals surface area (Å²) in [4.78, 5) is 7.96. The predicted molar refractivity (Wildman–Crippen MR) is 69.3 cm³/mol. The van der Waals surface area contributed by atoms with Crippen LogP contribution in [0.3, 0.4) is 0 Å². The first-order chi connectivity index (χ1) is 8.56. The number of nitrogen functional groups attached to an aromatic ring is 1. The molecule has 2 rings (SSSR count). The molecule has 0 saturated carbocycles. The Morgan fingerprint density at radius 3 is 2.67 bits per heavy atom. The van der Waals surface area contributed by atoms with Crippen LogP contribution in [0, 0.1) is 12.3 Å². The Hall–Kier alpha value is -2.14. The van der Waals surface area contributed by atoms with Crippen LogP contribution in [0.15, 0.2) is 30.6 Å². The van der Waals surface area contributed by atoms with E-state index in [1.165, 1.54) is 12.4 Å². The molecule has 1 aromatic heterocycles. The number of ether oxygens (including phenoxy) is 1. The Morgan fingerprint density at radius 2 is 2.11 bits per heavy atom. The summed E-state index contributed by atoms with van der Waals surface area (Å²) in [6.07, 6.45) is 2.81. The zero-order chi connectivity index (χ0) is 13.1. The molecule has 0 amide bonds. The topological polar surface area (TPSA) is 84.9 Å². The minimum atomic E-state index is -0.128. The maximum atomic E-state index is 7.20. The van der Waals surface area contributed by atoms with Gasteiger partial charge in [0.25, 0.3) is 0 Å². The number of hydrogen-bond donors (Lipinski definition) is 2. The van der Waals surface area contributed by atoms with Gasteiger partial charge in [0.1, 0.15) is 17.3 Å². The number of hydrogen-bond acceptors (Lipinski definition) is 4. The lowest BCUT2D eigenvalue weighted by Crippen LogP contribution is -2.13. The maximum Gasteiger partial charge on any atom is 0.237 e. The van der Waals surface area contributed by atoms with E-state index in [0.29, 0.717) is 22.3 Å². The molecular formula is C12H11ClN4O. The smallest absolute Gasteiger partial charge is 0.237 e. The van der Waals surface area contributed by atoms with Crippen molar-refractivity contribution in [3.63, 3.8) is 0 Å². The van der Waals surface area contributed by atoms with E-state index in [2.05, 4.69) is 9.97 Å². The molecule has 1 heterocycles. The second kappa shape index (κ2) is 5.01. The van der Waals surface area contributed by atoms with Gasteiger partial charge in [-0.2, -0.15) is 0 Å². The van der Waals surface area contributed by atoms with Crippen molar-refractivity contribution in [2.24, 2.45) is 5.73 Å². The molecule has 0 unspecified atom stereocenters. The average Bonchev–Trinajstić information content (AvgIpc) is 2.34. The first kappa shape index (κ1) is 12.3. The fourth-order valence-electron chi connectivity index (χ4n) is 1.31. The normalized spacial score (nSPS) is 10.1. The number of nitrogens with one attached hydrogen (secondary N) is 1. The standard InChI is InChI=1S/C12H11ClN4O/c1-7-4-8(2-3-9(7)13)18-11-6-16-10(5-17-11)12(14)15/h2-6H,1H3,(H3,14,15). The van der Waals surface area contributed by atoms with Crippen LogP contribution in [-0.4, -0.2) is 15.8 Å². The third-order valence-corrected chi connectivity index (χ3v) is 2.68. The Balaban J connectivity index is 2.18. The molecule has 0 aliphatic carbocycles. The maximum absolute atomic E-state index is 7.20. The second-order valence-corrected chi connectivity index (χ2v) is 4.07. The molecule has 0 radical (unpaired) electrons. The molecule has 0 bridgehead atoms. The summed E-state index contributed by atoms with van der Waals surface area (Å²) in [5.41, 5.74) is 6.51. The highest BCUT2D eigenvalue weighted by atomic mass is 35.5. The van der Waals surface area contributed by atoms with Gasteiger partial charge in [-0.25, -0.2) is 9.97 Å². The summed E-state index contributed by atoms with van der Waals surface area (Å²) in [5.74, 6) is 0.833. The van der Waals surface area contributed by atoms with Crippen LogP contribution in [0.4, 0.5) is 0 Å². The molecule has 0 aliphatic heterocycles. The van der Waals surface area contributed by atoms with Crippen molar-refractivity contribution in [2.45, 2.75) is 6.92 Å². The fraction of sp³-hybridized carbons (Fsp3) is 0.0833. The zero-order valence-electron chi connectivity index (χ0n) is 9.64. The predicted octanol–water partition coefficient (Wildman–Crippen LogP) is 2.51. The number of halogens is 1. The number of nitrogens with two attached hydrogens (primary N) is 1. The molecule has 92 valence electrons. The summed E-state index contributed by atoms with van der Waals surface area (Å²) >= 11 is 5.92. The number of amidine groups is 1.